The molecule has 0 spiro atoms. The first-order valence-electron chi connectivity index (χ1n) is 17.8. The van der Waals surface area contributed by atoms with Crippen molar-refractivity contribution in [2.45, 2.75) is 89.9 Å². The monoisotopic (exact) mass is 712 g/mol. The first-order valence-corrected chi connectivity index (χ1v) is 17.8. The zero-order valence-corrected chi connectivity index (χ0v) is 30.7. The van der Waals surface area contributed by atoms with Gasteiger partial charge in [0, 0.05) is 18.9 Å². The van der Waals surface area contributed by atoms with Crippen LogP contribution in [0.1, 0.15) is 76.5 Å². The van der Waals surface area contributed by atoms with E-state index in [1.807, 2.05) is 80.6 Å². The number of benzene rings is 3. The van der Waals surface area contributed by atoms with Crippen LogP contribution in [0.2, 0.25) is 0 Å². The normalized spacial score (nSPS) is 14.4. The van der Waals surface area contributed by atoms with Crippen LogP contribution in [0.15, 0.2) is 83.9 Å². The zero-order chi connectivity index (χ0) is 37.8. The van der Waals surface area contributed by atoms with Crippen LogP contribution in [0.3, 0.4) is 0 Å². The Morgan fingerprint density at radius 3 is 1.96 bits per heavy atom. The summed E-state index contributed by atoms with van der Waals surface area (Å²) < 4.78 is 11.4. The second kappa shape index (κ2) is 18.2. The number of ether oxygens (including phenoxy) is 2. The molecule has 3 amide bonds. The van der Waals surface area contributed by atoms with Crippen molar-refractivity contribution in [1.29, 1.82) is 0 Å². The molecule has 0 fully saturated rings. The van der Waals surface area contributed by atoms with Crippen LogP contribution >= 0.6 is 0 Å². The van der Waals surface area contributed by atoms with Crippen LogP contribution in [0, 0.1) is 5.92 Å². The molecule has 1 aliphatic rings. The summed E-state index contributed by atoms with van der Waals surface area (Å²) in [5.41, 5.74) is 15.3. The number of alkyl carbamates (subject to hydrolysis) is 1. The van der Waals surface area contributed by atoms with Gasteiger partial charge in [-0.25, -0.2) is 9.59 Å². The second-order valence-corrected chi connectivity index (χ2v) is 14.1. The van der Waals surface area contributed by atoms with Gasteiger partial charge in [0.15, 0.2) is 5.96 Å². The molecular formula is C40H52N6O6. The minimum Gasteiger partial charge on any atom is -0.458 e. The van der Waals surface area contributed by atoms with E-state index in [9.17, 15) is 19.2 Å². The summed E-state index contributed by atoms with van der Waals surface area (Å²) in [6.45, 7) is 9.29. The minimum absolute atomic E-state index is 0.0665. The number of guanidine groups is 1. The summed E-state index contributed by atoms with van der Waals surface area (Å²) in [6, 6.07) is 22.1. The maximum atomic E-state index is 14.0. The van der Waals surface area contributed by atoms with Crippen molar-refractivity contribution in [3.05, 3.63) is 95.6 Å². The number of aliphatic imine (C=N–C) groups is 1. The highest BCUT2D eigenvalue weighted by molar-refractivity contribution is 5.93. The molecule has 12 nitrogen and oxygen atoms in total. The van der Waals surface area contributed by atoms with Gasteiger partial charge < -0.3 is 36.9 Å². The van der Waals surface area contributed by atoms with Crippen molar-refractivity contribution >= 4 is 29.8 Å². The van der Waals surface area contributed by atoms with Crippen molar-refractivity contribution in [3.8, 4) is 11.1 Å². The molecule has 0 unspecified atom stereocenters. The van der Waals surface area contributed by atoms with E-state index in [1.54, 1.807) is 20.8 Å². The van der Waals surface area contributed by atoms with E-state index in [0.717, 1.165) is 27.8 Å². The minimum atomic E-state index is -1.10. The highest BCUT2D eigenvalue weighted by atomic mass is 16.6. The van der Waals surface area contributed by atoms with Gasteiger partial charge in [-0.1, -0.05) is 99.1 Å². The Labute approximate surface area is 306 Å². The van der Waals surface area contributed by atoms with Gasteiger partial charge in [0.2, 0.25) is 11.8 Å². The highest BCUT2D eigenvalue weighted by Crippen LogP contribution is 2.44. The number of amides is 3. The third-order valence-corrected chi connectivity index (χ3v) is 8.98. The maximum absolute atomic E-state index is 14.0. The predicted octanol–water partition coefficient (Wildman–Crippen LogP) is 4.55. The first-order chi connectivity index (χ1) is 24.8. The second-order valence-electron chi connectivity index (χ2n) is 14.1. The summed E-state index contributed by atoms with van der Waals surface area (Å²) in [7, 11) is 0. The largest absolute Gasteiger partial charge is 0.458 e. The van der Waals surface area contributed by atoms with E-state index in [0.29, 0.717) is 12.8 Å². The van der Waals surface area contributed by atoms with E-state index in [4.69, 9.17) is 20.9 Å². The molecule has 4 atom stereocenters. The lowest BCUT2D eigenvalue weighted by Crippen LogP contribution is -2.57. The van der Waals surface area contributed by atoms with Gasteiger partial charge in [-0.2, -0.15) is 0 Å². The van der Waals surface area contributed by atoms with Crippen LogP contribution in [0.25, 0.3) is 11.1 Å². The number of esters is 1. The smallest absolute Gasteiger partial charge is 0.407 e. The number of nitrogens with zero attached hydrogens (tertiary/aromatic N) is 1. The average molecular weight is 713 g/mol. The van der Waals surface area contributed by atoms with E-state index >= 15 is 0 Å². The van der Waals surface area contributed by atoms with E-state index < -0.39 is 47.6 Å². The van der Waals surface area contributed by atoms with Crippen molar-refractivity contribution in [3.63, 3.8) is 0 Å². The molecule has 0 saturated heterocycles. The summed E-state index contributed by atoms with van der Waals surface area (Å²) in [4.78, 5) is 58.4. The third kappa shape index (κ3) is 11.1. The molecule has 4 rings (SSSR count). The molecule has 3 aromatic rings. The van der Waals surface area contributed by atoms with Crippen LogP contribution < -0.4 is 27.4 Å². The van der Waals surface area contributed by atoms with Crippen molar-refractivity contribution < 1.29 is 28.7 Å². The molecule has 1 aliphatic carbocycles. The Kier molecular flexibility index (Phi) is 13.8. The van der Waals surface area contributed by atoms with E-state index in [1.165, 1.54) is 0 Å². The van der Waals surface area contributed by atoms with Gasteiger partial charge in [-0.3, -0.25) is 14.6 Å². The third-order valence-electron chi connectivity index (χ3n) is 8.98. The molecular weight excluding hydrogens is 660 g/mol. The molecule has 0 radical (unpaired) electrons. The van der Waals surface area contributed by atoms with Crippen molar-refractivity contribution in [2.24, 2.45) is 22.4 Å². The van der Waals surface area contributed by atoms with Crippen LogP contribution in [0.5, 0.6) is 0 Å². The molecule has 278 valence electrons. The lowest BCUT2D eigenvalue weighted by molar-refractivity contribution is -0.160. The van der Waals surface area contributed by atoms with Gasteiger partial charge in [0.25, 0.3) is 0 Å². The molecule has 0 saturated carbocycles. The molecule has 52 heavy (non-hydrogen) atoms. The van der Waals surface area contributed by atoms with Crippen LogP contribution in [0.4, 0.5) is 4.79 Å². The Balaban J connectivity index is 1.52. The van der Waals surface area contributed by atoms with Gasteiger partial charge in [0.1, 0.15) is 30.3 Å². The Bertz CT molecular complexity index is 1670. The number of rotatable bonds is 16. The standard InChI is InChI=1S/C40H52N6O6/c1-6-25(2)34(37(49)52-40(3,4)5)46-35(47)32(21-14-22-43-38(41)42)44-36(48)33(23-26-15-8-7-9-16-26)45-39(50)51-24-31-29-19-12-10-17-27(29)28-18-11-13-20-30(28)31/h7-13,15-20,25,31-34H,6,14,21-24H2,1-5H3,(H,44,48)(H,45,50)(H,46,47)(H4,41,42,43)/t25-,32-,33-,34-/m0/s1. The van der Waals surface area contributed by atoms with Gasteiger partial charge in [-0.05, 0) is 67.3 Å². The van der Waals surface area contributed by atoms with Crippen LogP contribution in [-0.4, -0.2) is 66.7 Å². The topological polar surface area (TPSA) is 187 Å². The van der Waals surface area contributed by atoms with Gasteiger partial charge >= 0.3 is 12.1 Å². The first kappa shape index (κ1) is 39.4. The van der Waals surface area contributed by atoms with E-state index in [-0.39, 0.29) is 43.8 Å². The lowest BCUT2D eigenvalue weighted by atomic mass is 9.98. The van der Waals surface area contributed by atoms with Crippen LogP contribution in [-0.2, 0) is 30.3 Å². The summed E-state index contributed by atoms with van der Waals surface area (Å²) in [6.07, 6.45) is 0.453. The van der Waals surface area contributed by atoms with Crippen molar-refractivity contribution in [2.75, 3.05) is 13.2 Å². The fourth-order valence-electron chi connectivity index (χ4n) is 6.17. The van der Waals surface area contributed by atoms with Gasteiger partial charge in [0.05, 0.1) is 0 Å². The quantitative estimate of drug-likeness (QED) is 0.0619. The number of nitrogens with one attached hydrogen (secondary N) is 3. The Morgan fingerprint density at radius 2 is 1.38 bits per heavy atom. The highest BCUT2D eigenvalue weighted by Gasteiger charge is 2.35. The molecule has 3 aromatic carbocycles. The van der Waals surface area contributed by atoms with E-state index in [2.05, 4.69) is 33.1 Å². The number of nitrogens with two attached hydrogens (primary N) is 2. The zero-order valence-electron chi connectivity index (χ0n) is 30.7. The molecule has 0 aromatic heterocycles. The molecule has 0 heterocycles. The summed E-state index contributed by atoms with van der Waals surface area (Å²) >= 11 is 0. The lowest BCUT2D eigenvalue weighted by Gasteiger charge is -2.29. The summed E-state index contributed by atoms with van der Waals surface area (Å²) in [5, 5.41) is 8.38. The Morgan fingerprint density at radius 1 is 0.808 bits per heavy atom. The maximum Gasteiger partial charge on any atom is 0.407 e. The van der Waals surface area contributed by atoms with Crippen molar-refractivity contribution in [1.82, 2.24) is 16.0 Å². The fraction of sp³-hybridized carbons (Fsp3) is 0.425. The Hall–Kier alpha value is -5.39. The predicted molar refractivity (Wildman–Crippen MR) is 201 cm³/mol. The molecule has 7 N–H and O–H groups in total. The molecule has 12 heteroatoms. The molecule has 0 aliphatic heterocycles. The number of hydrogen-bond donors (Lipinski definition) is 5. The number of hydrogen-bond acceptors (Lipinski definition) is 7. The SMILES string of the molecule is CC[C@H](C)[C@H](NC(=O)[C@H](CCCN=C(N)N)NC(=O)[C@H](Cc1ccccc1)NC(=O)OCC1c2ccccc2-c2ccccc21)C(=O)OC(C)(C)C. The fourth-order valence-corrected chi connectivity index (χ4v) is 6.17. The number of carbonyl (C=O) groups is 4. The summed E-state index contributed by atoms with van der Waals surface area (Å²) in [5.74, 6) is -2.26. The number of fused-ring (bicyclic) bond motifs is 3. The number of carbonyl (C=O) groups excluding carboxylic acids is 4. The average Bonchev–Trinajstić information content (AvgIpc) is 3.43. The van der Waals surface area contributed by atoms with Gasteiger partial charge in [-0.15, -0.1) is 0 Å². The molecule has 0 bridgehead atoms.